The zero-order valence-corrected chi connectivity index (χ0v) is 19.1. The lowest BCUT2D eigenvalue weighted by Gasteiger charge is -2.33. The van der Waals surface area contributed by atoms with Crippen LogP contribution in [0.3, 0.4) is 0 Å². The van der Waals surface area contributed by atoms with Gasteiger partial charge >= 0.3 is 0 Å². The third-order valence-corrected chi connectivity index (χ3v) is 6.95. The van der Waals surface area contributed by atoms with Crippen molar-refractivity contribution in [3.8, 4) is 5.75 Å². The average Bonchev–Trinajstić information content (AvgIpc) is 3.36. The summed E-state index contributed by atoms with van der Waals surface area (Å²) in [4.78, 5) is 40.5. The van der Waals surface area contributed by atoms with Gasteiger partial charge in [0.2, 0.25) is 11.8 Å². The molecule has 1 saturated carbocycles. The van der Waals surface area contributed by atoms with Crippen molar-refractivity contribution in [1.82, 2.24) is 15.1 Å². The number of halogens is 1. The number of ether oxygens (including phenoxy) is 1. The number of benzene rings is 1. The number of fused-ring (bicyclic) bond motifs is 1. The van der Waals surface area contributed by atoms with Crippen LogP contribution in [0.1, 0.15) is 61.4 Å². The fourth-order valence-corrected chi connectivity index (χ4v) is 5.22. The molecule has 1 N–H and O–H groups in total. The number of carbonyl (C=O) groups excluding carboxylic acids is 3. The molecule has 0 aromatic heterocycles. The van der Waals surface area contributed by atoms with Crippen molar-refractivity contribution in [2.75, 3.05) is 19.8 Å². The van der Waals surface area contributed by atoms with E-state index in [0.717, 1.165) is 36.9 Å². The van der Waals surface area contributed by atoms with Crippen LogP contribution in [0.4, 0.5) is 4.39 Å². The SMILES string of the molecule is C=C(CCF)CN(CC)[C@H]1CCC[C@H]1Oc1ccc2c(c1)CN(C1CCC(=O)NC1=O)C2=O. The first-order chi connectivity index (χ1) is 15.9. The maximum Gasteiger partial charge on any atom is 0.255 e. The molecule has 33 heavy (non-hydrogen) atoms. The minimum Gasteiger partial charge on any atom is -0.489 e. The number of amides is 3. The number of hydrogen-bond acceptors (Lipinski definition) is 5. The second-order valence-corrected chi connectivity index (χ2v) is 9.13. The number of nitrogens with one attached hydrogen (secondary N) is 1. The second kappa shape index (κ2) is 10.0. The van der Waals surface area contributed by atoms with Crippen molar-refractivity contribution in [3.63, 3.8) is 0 Å². The monoisotopic (exact) mass is 457 g/mol. The number of nitrogens with zero attached hydrogens (tertiary/aromatic N) is 2. The second-order valence-electron chi connectivity index (χ2n) is 9.13. The maximum absolute atomic E-state index is 12.9. The Morgan fingerprint density at radius 3 is 2.82 bits per heavy atom. The standard InChI is InChI=1S/C25H32FN3O4/c1-3-28(14-16(2)11-12-26)20-5-4-6-22(20)33-18-7-8-19-17(13-18)15-29(25(19)32)21-9-10-23(30)27-24(21)31/h7-8,13,20-22H,2-6,9-12,14-15H2,1H3,(H,27,30,31)/t20-,21?,22+/m0/s1. The zero-order valence-electron chi connectivity index (χ0n) is 19.1. The third-order valence-electron chi connectivity index (χ3n) is 6.95. The average molecular weight is 458 g/mol. The molecule has 2 heterocycles. The van der Waals surface area contributed by atoms with Crippen LogP contribution in [0.25, 0.3) is 0 Å². The van der Waals surface area contributed by atoms with Gasteiger partial charge in [-0.1, -0.05) is 19.1 Å². The van der Waals surface area contributed by atoms with Crippen LogP contribution >= 0.6 is 0 Å². The highest BCUT2D eigenvalue weighted by Crippen LogP contribution is 2.33. The zero-order chi connectivity index (χ0) is 23.5. The van der Waals surface area contributed by atoms with Crippen molar-refractivity contribution in [1.29, 1.82) is 0 Å². The summed E-state index contributed by atoms with van der Waals surface area (Å²) >= 11 is 0. The summed E-state index contributed by atoms with van der Waals surface area (Å²) in [5, 5.41) is 2.33. The minimum atomic E-state index is -0.623. The summed E-state index contributed by atoms with van der Waals surface area (Å²) in [5.74, 6) is -0.182. The van der Waals surface area contributed by atoms with Crippen LogP contribution in [-0.2, 0) is 16.1 Å². The van der Waals surface area contributed by atoms with Gasteiger partial charge in [-0.25, -0.2) is 0 Å². The summed E-state index contributed by atoms with van der Waals surface area (Å²) < 4.78 is 19.1. The topological polar surface area (TPSA) is 79.0 Å². The van der Waals surface area contributed by atoms with Crippen molar-refractivity contribution in [2.24, 2.45) is 0 Å². The van der Waals surface area contributed by atoms with Crippen molar-refractivity contribution < 1.29 is 23.5 Å². The molecule has 1 aliphatic carbocycles. The molecular formula is C25H32FN3O4. The Kier molecular flexibility index (Phi) is 7.12. The van der Waals surface area contributed by atoms with Gasteiger partial charge in [0.05, 0.1) is 6.67 Å². The van der Waals surface area contributed by atoms with Crippen LogP contribution in [0.2, 0.25) is 0 Å². The molecule has 1 unspecified atom stereocenters. The number of carbonyl (C=O) groups is 3. The molecule has 1 saturated heterocycles. The van der Waals surface area contributed by atoms with E-state index < -0.39 is 11.9 Å². The predicted octanol–water partition coefficient (Wildman–Crippen LogP) is 2.99. The van der Waals surface area contributed by atoms with E-state index in [1.165, 1.54) is 0 Å². The molecule has 1 aromatic carbocycles. The number of hydrogen-bond donors (Lipinski definition) is 1. The highest BCUT2D eigenvalue weighted by Gasteiger charge is 2.39. The summed E-state index contributed by atoms with van der Waals surface area (Å²) in [7, 11) is 0. The van der Waals surface area contributed by atoms with Gasteiger partial charge in [0, 0.05) is 31.1 Å². The number of imide groups is 1. The normalized spacial score (nSPS) is 24.9. The smallest absolute Gasteiger partial charge is 0.255 e. The van der Waals surface area contributed by atoms with Crippen LogP contribution < -0.4 is 10.1 Å². The number of alkyl halides is 1. The minimum absolute atomic E-state index is 0.0181. The first-order valence-electron chi connectivity index (χ1n) is 11.8. The Labute approximate surface area is 193 Å². The van der Waals surface area contributed by atoms with Crippen LogP contribution in [0.15, 0.2) is 30.4 Å². The molecular weight excluding hydrogens is 425 g/mol. The van der Waals surface area contributed by atoms with Crippen LogP contribution in [-0.4, -0.2) is 65.5 Å². The van der Waals surface area contributed by atoms with Crippen molar-refractivity contribution >= 4 is 17.7 Å². The van der Waals surface area contributed by atoms with Gasteiger partial charge < -0.3 is 9.64 Å². The Balaban J connectivity index is 1.44. The highest BCUT2D eigenvalue weighted by molar-refractivity contribution is 6.05. The number of likely N-dealkylation sites (N-methyl/N-ethyl adjacent to an activating group) is 1. The van der Waals surface area contributed by atoms with Crippen LogP contribution in [0, 0.1) is 0 Å². The van der Waals surface area contributed by atoms with Crippen molar-refractivity contribution in [3.05, 3.63) is 41.5 Å². The molecule has 8 heteroatoms. The van der Waals surface area contributed by atoms with Gasteiger partial charge in [-0.3, -0.25) is 29.0 Å². The molecule has 2 aliphatic heterocycles. The molecule has 4 rings (SSSR count). The van der Waals surface area contributed by atoms with Gasteiger partial charge in [-0.15, -0.1) is 0 Å². The van der Waals surface area contributed by atoms with E-state index in [0.29, 0.717) is 37.2 Å². The Hall–Kier alpha value is -2.74. The fourth-order valence-electron chi connectivity index (χ4n) is 5.22. The first-order valence-corrected chi connectivity index (χ1v) is 11.8. The van der Waals surface area contributed by atoms with E-state index in [4.69, 9.17) is 4.74 Å². The maximum atomic E-state index is 12.9. The van der Waals surface area contributed by atoms with Gasteiger partial charge in [0.15, 0.2) is 0 Å². The lowest BCUT2D eigenvalue weighted by Crippen LogP contribution is -2.52. The van der Waals surface area contributed by atoms with Gasteiger partial charge in [0.1, 0.15) is 17.9 Å². The van der Waals surface area contributed by atoms with Gasteiger partial charge in [0.25, 0.3) is 5.91 Å². The van der Waals surface area contributed by atoms with Crippen molar-refractivity contribution in [2.45, 2.75) is 70.2 Å². The van der Waals surface area contributed by atoms with E-state index in [1.54, 1.807) is 11.0 Å². The molecule has 0 spiro atoms. The molecule has 2 fully saturated rings. The number of rotatable bonds is 9. The fraction of sp³-hybridized carbons (Fsp3) is 0.560. The highest BCUT2D eigenvalue weighted by atomic mass is 19.1. The summed E-state index contributed by atoms with van der Waals surface area (Å²) in [5.41, 5.74) is 2.31. The largest absolute Gasteiger partial charge is 0.489 e. The Morgan fingerprint density at radius 2 is 2.09 bits per heavy atom. The molecule has 3 aliphatic rings. The first kappa shape index (κ1) is 23.4. The summed E-state index contributed by atoms with van der Waals surface area (Å²) in [6.45, 7) is 7.57. The summed E-state index contributed by atoms with van der Waals surface area (Å²) in [6, 6.07) is 5.09. The predicted molar refractivity (Wildman–Crippen MR) is 122 cm³/mol. The molecule has 3 amide bonds. The summed E-state index contributed by atoms with van der Waals surface area (Å²) in [6.07, 6.45) is 4.01. The van der Waals surface area contributed by atoms with E-state index >= 15 is 0 Å². The molecule has 1 aromatic rings. The number of piperidine rings is 1. The Bertz CT molecular complexity index is 950. The Morgan fingerprint density at radius 1 is 1.27 bits per heavy atom. The van der Waals surface area contributed by atoms with E-state index in [9.17, 15) is 18.8 Å². The molecule has 0 radical (unpaired) electrons. The molecule has 3 atom stereocenters. The van der Waals surface area contributed by atoms with Gasteiger partial charge in [-0.2, -0.15) is 0 Å². The molecule has 178 valence electrons. The van der Waals surface area contributed by atoms with E-state index in [-0.39, 0.29) is 37.1 Å². The third kappa shape index (κ3) is 4.95. The molecule has 0 bridgehead atoms. The van der Waals surface area contributed by atoms with Gasteiger partial charge in [-0.05, 0) is 62.4 Å². The molecule has 7 nitrogen and oxygen atoms in total. The lowest BCUT2D eigenvalue weighted by atomic mass is 10.0. The van der Waals surface area contributed by atoms with E-state index in [2.05, 4.69) is 23.7 Å². The van der Waals surface area contributed by atoms with E-state index in [1.807, 2.05) is 12.1 Å². The van der Waals surface area contributed by atoms with Crippen LogP contribution in [0.5, 0.6) is 5.75 Å². The lowest BCUT2D eigenvalue weighted by molar-refractivity contribution is -0.136. The quantitative estimate of drug-likeness (QED) is 0.456.